The van der Waals surface area contributed by atoms with E-state index in [9.17, 15) is 19.3 Å². The number of nitrogens with zero attached hydrogens (tertiary/aromatic N) is 1. The standard InChI is InChI=1S/C14H9ClFNO4/c15-11-4-2-5-12(16)10(11)8-21-13-6-1-3-9(7-18)14(13)17(19)20/h1-7H,8H2. The van der Waals surface area contributed by atoms with Crippen LogP contribution in [0.3, 0.4) is 0 Å². The predicted molar refractivity (Wildman–Crippen MR) is 74.2 cm³/mol. The summed E-state index contributed by atoms with van der Waals surface area (Å²) in [5, 5.41) is 11.2. The molecule has 0 saturated heterocycles. The summed E-state index contributed by atoms with van der Waals surface area (Å²) < 4.78 is 18.9. The van der Waals surface area contributed by atoms with Crippen LogP contribution in [-0.4, -0.2) is 11.2 Å². The third-order valence-corrected chi connectivity index (χ3v) is 3.13. The third kappa shape index (κ3) is 3.17. The number of hydrogen-bond donors (Lipinski definition) is 0. The van der Waals surface area contributed by atoms with Gasteiger partial charge in [0.25, 0.3) is 0 Å². The molecule has 0 aliphatic heterocycles. The summed E-state index contributed by atoms with van der Waals surface area (Å²) in [7, 11) is 0. The molecule has 0 saturated carbocycles. The molecule has 0 bridgehead atoms. The van der Waals surface area contributed by atoms with Crippen molar-refractivity contribution in [2.45, 2.75) is 6.61 Å². The van der Waals surface area contributed by atoms with Crippen molar-refractivity contribution in [2.24, 2.45) is 0 Å². The van der Waals surface area contributed by atoms with Gasteiger partial charge in [0.1, 0.15) is 12.4 Å². The summed E-state index contributed by atoms with van der Waals surface area (Å²) in [6.45, 7) is -0.283. The van der Waals surface area contributed by atoms with Crippen LogP contribution in [0.15, 0.2) is 36.4 Å². The Morgan fingerprint density at radius 2 is 2.00 bits per heavy atom. The first-order valence-electron chi connectivity index (χ1n) is 5.83. The largest absolute Gasteiger partial charge is 0.482 e. The van der Waals surface area contributed by atoms with Crippen molar-refractivity contribution >= 4 is 23.6 Å². The number of ether oxygens (including phenoxy) is 1. The lowest BCUT2D eigenvalue weighted by atomic mass is 10.2. The highest BCUT2D eigenvalue weighted by atomic mass is 35.5. The quantitative estimate of drug-likeness (QED) is 0.479. The zero-order valence-electron chi connectivity index (χ0n) is 10.6. The van der Waals surface area contributed by atoms with Crippen LogP contribution in [0, 0.1) is 15.9 Å². The molecular formula is C14H9ClFNO4. The molecule has 7 heteroatoms. The van der Waals surface area contributed by atoms with Gasteiger partial charge in [-0.2, -0.15) is 0 Å². The lowest BCUT2D eigenvalue weighted by Gasteiger charge is -2.09. The van der Waals surface area contributed by atoms with E-state index in [0.29, 0.717) is 6.29 Å². The van der Waals surface area contributed by atoms with Crippen LogP contribution in [-0.2, 0) is 6.61 Å². The second-order valence-electron chi connectivity index (χ2n) is 4.06. The molecule has 5 nitrogen and oxygen atoms in total. The van der Waals surface area contributed by atoms with Gasteiger partial charge >= 0.3 is 5.69 Å². The number of para-hydroxylation sites is 1. The van der Waals surface area contributed by atoms with E-state index < -0.39 is 16.4 Å². The van der Waals surface area contributed by atoms with Crippen molar-refractivity contribution in [3.63, 3.8) is 0 Å². The van der Waals surface area contributed by atoms with Gasteiger partial charge in [0.15, 0.2) is 12.0 Å². The minimum absolute atomic E-state index is 0.0879. The van der Waals surface area contributed by atoms with Gasteiger partial charge in [0.05, 0.1) is 15.5 Å². The molecule has 0 amide bonds. The van der Waals surface area contributed by atoms with Crippen LogP contribution in [0.1, 0.15) is 15.9 Å². The van der Waals surface area contributed by atoms with E-state index in [2.05, 4.69) is 0 Å². The van der Waals surface area contributed by atoms with Crippen molar-refractivity contribution in [3.05, 3.63) is 68.5 Å². The fraction of sp³-hybridized carbons (Fsp3) is 0.0714. The number of carbonyl (C=O) groups excluding carboxylic acids is 1. The number of nitro groups is 1. The highest BCUT2D eigenvalue weighted by molar-refractivity contribution is 6.31. The Morgan fingerprint density at radius 3 is 2.62 bits per heavy atom. The Morgan fingerprint density at radius 1 is 1.29 bits per heavy atom. The van der Waals surface area contributed by atoms with Crippen molar-refractivity contribution in [1.29, 1.82) is 0 Å². The molecule has 0 fully saturated rings. The van der Waals surface area contributed by atoms with E-state index in [1.54, 1.807) is 0 Å². The van der Waals surface area contributed by atoms with E-state index >= 15 is 0 Å². The smallest absolute Gasteiger partial charge is 0.321 e. The molecule has 108 valence electrons. The van der Waals surface area contributed by atoms with Crippen molar-refractivity contribution < 1.29 is 18.8 Å². The first kappa shape index (κ1) is 14.9. The maximum Gasteiger partial charge on any atom is 0.321 e. The summed E-state index contributed by atoms with van der Waals surface area (Å²) in [5.41, 5.74) is -0.484. The molecule has 0 heterocycles. The summed E-state index contributed by atoms with van der Waals surface area (Å²) in [5.74, 6) is -0.694. The fourth-order valence-corrected chi connectivity index (χ4v) is 1.98. The number of carbonyl (C=O) groups is 1. The first-order valence-corrected chi connectivity index (χ1v) is 6.20. The Balaban J connectivity index is 2.33. The SMILES string of the molecule is O=Cc1cccc(OCc2c(F)cccc2Cl)c1[N+](=O)[O-]. The van der Waals surface area contributed by atoms with Gasteiger partial charge in [-0.25, -0.2) is 4.39 Å². The fourth-order valence-electron chi connectivity index (χ4n) is 1.77. The van der Waals surface area contributed by atoms with Gasteiger partial charge in [-0.05, 0) is 24.3 Å². The van der Waals surface area contributed by atoms with Gasteiger partial charge in [-0.15, -0.1) is 0 Å². The molecular weight excluding hydrogens is 301 g/mol. The summed E-state index contributed by atoms with van der Waals surface area (Å²) in [6.07, 6.45) is 0.362. The zero-order valence-corrected chi connectivity index (χ0v) is 11.3. The van der Waals surface area contributed by atoms with Crippen LogP contribution in [0.2, 0.25) is 5.02 Å². The van der Waals surface area contributed by atoms with Crippen LogP contribution < -0.4 is 4.74 Å². The van der Waals surface area contributed by atoms with Crippen molar-refractivity contribution in [2.75, 3.05) is 0 Å². The van der Waals surface area contributed by atoms with E-state index in [4.69, 9.17) is 16.3 Å². The highest BCUT2D eigenvalue weighted by Gasteiger charge is 2.21. The van der Waals surface area contributed by atoms with E-state index in [1.165, 1.54) is 36.4 Å². The lowest BCUT2D eigenvalue weighted by Crippen LogP contribution is -2.03. The molecule has 0 spiro atoms. The van der Waals surface area contributed by atoms with Gasteiger partial charge in [0, 0.05) is 5.56 Å². The van der Waals surface area contributed by atoms with Gasteiger partial charge in [-0.3, -0.25) is 14.9 Å². The maximum absolute atomic E-state index is 13.6. The molecule has 0 aliphatic rings. The molecule has 2 aromatic rings. The monoisotopic (exact) mass is 309 g/mol. The second-order valence-corrected chi connectivity index (χ2v) is 4.47. The van der Waals surface area contributed by atoms with Gasteiger partial charge < -0.3 is 4.74 Å². The second kappa shape index (κ2) is 6.32. The van der Waals surface area contributed by atoms with Crippen molar-refractivity contribution in [3.8, 4) is 5.75 Å². The molecule has 2 rings (SSSR count). The van der Waals surface area contributed by atoms with Crippen LogP contribution >= 0.6 is 11.6 Å². The molecule has 0 unspecified atom stereocenters. The van der Waals surface area contributed by atoms with Gasteiger partial charge in [-0.1, -0.05) is 23.7 Å². The number of nitro benzene ring substituents is 1. The van der Waals surface area contributed by atoms with Crippen LogP contribution in [0.25, 0.3) is 0 Å². The number of rotatable bonds is 5. The number of aldehydes is 1. The van der Waals surface area contributed by atoms with E-state index in [1.807, 2.05) is 0 Å². The van der Waals surface area contributed by atoms with E-state index in [-0.39, 0.29) is 28.5 Å². The van der Waals surface area contributed by atoms with Crippen LogP contribution in [0.4, 0.5) is 10.1 Å². The molecule has 0 aromatic heterocycles. The average Bonchev–Trinajstić information content (AvgIpc) is 2.46. The topological polar surface area (TPSA) is 69.4 Å². The van der Waals surface area contributed by atoms with Crippen LogP contribution in [0.5, 0.6) is 5.75 Å². The van der Waals surface area contributed by atoms with Crippen molar-refractivity contribution in [1.82, 2.24) is 0 Å². The normalized spacial score (nSPS) is 10.2. The predicted octanol–water partition coefficient (Wildman–Crippen LogP) is 3.78. The summed E-state index contributed by atoms with van der Waals surface area (Å²) in [6, 6.07) is 8.21. The Kier molecular flexibility index (Phi) is 4.49. The Hall–Kier alpha value is -2.47. The minimum atomic E-state index is -0.720. The number of benzene rings is 2. The molecule has 2 aromatic carbocycles. The Labute approximate surface area is 124 Å². The lowest BCUT2D eigenvalue weighted by molar-refractivity contribution is -0.386. The molecule has 0 radical (unpaired) electrons. The number of halogens is 2. The first-order chi connectivity index (χ1) is 10.0. The molecule has 21 heavy (non-hydrogen) atoms. The third-order valence-electron chi connectivity index (χ3n) is 2.77. The maximum atomic E-state index is 13.6. The summed E-state index contributed by atoms with van der Waals surface area (Å²) >= 11 is 5.85. The Bertz CT molecular complexity index is 685. The molecule has 0 atom stereocenters. The minimum Gasteiger partial charge on any atom is -0.482 e. The molecule has 0 aliphatic carbocycles. The van der Waals surface area contributed by atoms with Gasteiger partial charge in [0.2, 0.25) is 0 Å². The van der Waals surface area contributed by atoms with E-state index in [0.717, 1.165) is 0 Å². The summed E-state index contributed by atoms with van der Waals surface area (Å²) in [4.78, 5) is 21.1. The highest BCUT2D eigenvalue weighted by Crippen LogP contribution is 2.31. The number of hydrogen-bond acceptors (Lipinski definition) is 4. The molecule has 0 N–H and O–H groups in total. The zero-order chi connectivity index (χ0) is 15.4. The average molecular weight is 310 g/mol.